The number of H-pyrrole nitrogens is 2. The Morgan fingerprint density at radius 2 is 1.18 bits per heavy atom. The number of aromatic nitrogens is 2. The van der Waals surface area contributed by atoms with E-state index in [2.05, 4.69) is 95.0 Å². The van der Waals surface area contributed by atoms with Gasteiger partial charge in [-0.05, 0) is 99.9 Å². The third kappa shape index (κ3) is 3.00. The minimum absolute atomic E-state index is 1.03. The topological polar surface area (TPSA) is 43.6 Å². The Kier molecular flexibility index (Phi) is 4.01. The summed E-state index contributed by atoms with van der Waals surface area (Å²) in [7, 11) is 1.94. The predicted molar refractivity (Wildman–Crippen MR) is 146 cm³/mol. The summed E-state index contributed by atoms with van der Waals surface area (Å²) in [6.45, 7) is 2.10. The summed E-state index contributed by atoms with van der Waals surface area (Å²) >= 11 is 3.70. The Morgan fingerprint density at radius 1 is 0.606 bits per heavy atom. The fourth-order valence-electron chi connectivity index (χ4n) is 4.73. The molecule has 3 aromatic carbocycles. The van der Waals surface area contributed by atoms with E-state index >= 15 is 0 Å². The van der Waals surface area contributed by atoms with Gasteiger partial charge >= 0.3 is 0 Å². The predicted octanol–water partition coefficient (Wildman–Crippen LogP) is 8.76. The molecule has 3 nitrogen and oxygen atoms in total. The van der Waals surface area contributed by atoms with Crippen LogP contribution in [0.15, 0.2) is 72.8 Å². The van der Waals surface area contributed by atoms with Gasteiger partial charge in [0.25, 0.3) is 0 Å². The van der Waals surface area contributed by atoms with Crippen LogP contribution in [0.1, 0.15) is 5.69 Å². The van der Waals surface area contributed by atoms with Crippen LogP contribution in [0.25, 0.3) is 62.9 Å². The molecule has 3 N–H and O–H groups in total. The van der Waals surface area contributed by atoms with Crippen LogP contribution in [0.2, 0.25) is 0 Å². The zero-order valence-corrected chi connectivity index (χ0v) is 19.9. The molecule has 0 atom stereocenters. The van der Waals surface area contributed by atoms with Crippen LogP contribution in [0, 0.1) is 6.92 Å². The van der Waals surface area contributed by atoms with Crippen molar-refractivity contribution in [3.8, 4) is 21.1 Å². The average molecular weight is 464 g/mol. The molecule has 7 aromatic rings. The molecule has 4 aromatic heterocycles. The first-order valence-corrected chi connectivity index (χ1v) is 12.6. The van der Waals surface area contributed by atoms with Gasteiger partial charge in [-0.25, -0.2) is 0 Å². The molecule has 0 unspecified atom stereocenters. The van der Waals surface area contributed by atoms with E-state index in [0.717, 1.165) is 11.5 Å². The van der Waals surface area contributed by atoms with Gasteiger partial charge in [-0.2, -0.15) is 0 Å². The number of hydrogen-bond donors (Lipinski definition) is 3. The largest absolute Gasteiger partial charge is 0.375 e. The average Bonchev–Trinajstić information content (AvgIpc) is 3.60. The van der Waals surface area contributed by atoms with E-state index in [1.165, 1.54) is 62.9 Å². The molecular formula is C28H21N3S2. The molecule has 160 valence electrons. The molecule has 0 bridgehead atoms. The number of nitrogens with one attached hydrogen (secondary N) is 3. The first-order chi connectivity index (χ1) is 16.1. The van der Waals surface area contributed by atoms with Crippen LogP contribution >= 0.6 is 22.7 Å². The molecule has 7 rings (SSSR count). The highest BCUT2D eigenvalue weighted by molar-refractivity contribution is 7.22. The molecule has 0 fully saturated rings. The van der Waals surface area contributed by atoms with Gasteiger partial charge in [-0.1, -0.05) is 12.1 Å². The van der Waals surface area contributed by atoms with Gasteiger partial charge in [0, 0.05) is 22.1 Å². The number of thiophene rings is 2. The SMILES string of the molecule is CNc1ccc(-c2cc3cc4ccc5cc6cc(-c7ccc(C)[nH]7)sc6cc5c4cc3s2)[nH]1. The summed E-state index contributed by atoms with van der Waals surface area (Å²) in [6, 6.07) is 27.1. The molecule has 0 saturated heterocycles. The minimum Gasteiger partial charge on any atom is -0.375 e. The van der Waals surface area contributed by atoms with Crippen molar-refractivity contribution < 1.29 is 0 Å². The molecule has 0 radical (unpaired) electrons. The number of aryl methyl sites for hydroxylation is 1. The summed E-state index contributed by atoms with van der Waals surface area (Å²) in [5.74, 6) is 1.03. The number of anilines is 1. The molecule has 0 saturated carbocycles. The van der Waals surface area contributed by atoms with Gasteiger partial charge in [0.05, 0.1) is 21.1 Å². The van der Waals surface area contributed by atoms with Gasteiger partial charge in [0.1, 0.15) is 5.82 Å². The normalized spacial score (nSPS) is 11.9. The fraction of sp³-hybridized carbons (Fsp3) is 0.0714. The molecule has 0 aliphatic carbocycles. The smallest absolute Gasteiger partial charge is 0.103 e. The molecule has 0 aliphatic heterocycles. The van der Waals surface area contributed by atoms with Crippen LogP contribution in [0.5, 0.6) is 0 Å². The van der Waals surface area contributed by atoms with E-state index in [-0.39, 0.29) is 0 Å². The van der Waals surface area contributed by atoms with E-state index in [9.17, 15) is 0 Å². The molecule has 4 heterocycles. The molecule has 33 heavy (non-hydrogen) atoms. The van der Waals surface area contributed by atoms with Crippen LogP contribution in [0.4, 0.5) is 5.82 Å². The first kappa shape index (κ1) is 19.0. The minimum atomic E-state index is 1.03. The van der Waals surface area contributed by atoms with Crippen molar-refractivity contribution >= 4 is 70.2 Å². The van der Waals surface area contributed by atoms with E-state index in [0.29, 0.717) is 0 Å². The third-order valence-electron chi connectivity index (χ3n) is 6.43. The molecule has 0 spiro atoms. The number of fused-ring (bicyclic) bond motifs is 5. The van der Waals surface area contributed by atoms with E-state index in [1.54, 1.807) is 0 Å². The van der Waals surface area contributed by atoms with E-state index in [1.807, 2.05) is 29.7 Å². The number of aromatic amines is 2. The Labute approximate surface area is 198 Å². The highest BCUT2D eigenvalue weighted by Gasteiger charge is 2.12. The lowest BCUT2D eigenvalue weighted by molar-refractivity contribution is 1.27. The fourth-order valence-corrected chi connectivity index (χ4v) is 6.86. The Morgan fingerprint density at radius 3 is 1.70 bits per heavy atom. The maximum absolute atomic E-state index is 3.47. The van der Waals surface area contributed by atoms with Gasteiger partial charge in [-0.3, -0.25) is 0 Å². The van der Waals surface area contributed by atoms with Crippen molar-refractivity contribution in [3.63, 3.8) is 0 Å². The number of benzene rings is 3. The summed E-state index contributed by atoms with van der Waals surface area (Å²) in [4.78, 5) is 9.47. The highest BCUT2D eigenvalue weighted by atomic mass is 32.1. The maximum atomic E-state index is 3.47. The lowest BCUT2D eigenvalue weighted by atomic mass is 10.00. The molecule has 0 aliphatic rings. The van der Waals surface area contributed by atoms with Crippen molar-refractivity contribution in [2.45, 2.75) is 6.92 Å². The molecule has 0 amide bonds. The maximum Gasteiger partial charge on any atom is 0.103 e. The second-order valence-electron chi connectivity index (χ2n) is 8.60. The van der Waals surface area contributed by atoms with Crippen LogP contribution in [-0.2, 0) is 0 Å². The quantitative estimate of drug-likeness (QED) is 0.225. The van der Waals surface area contributed by atoms with Crippen molar-refractivity contribution in [3.05, 3.63) is 78.5 Å². The second kappa shape index (κ2) is 6.98. The summed E-state index contributed by atoms with van der Waals surface area (Å²) < 4.78 is 2.65. The lowest BCUT2D eigenvalue weighted by Crippen LogP contribution is -1.86. The number of rotatable bonds is 3. The van der Waals surface area contributed by atoms with Gasteiger partial charge < -0.3 is 15.3 Å². The zero-order valence-electron chi connectivity index (χ0n) is 18.2. The highest BCUT2D eigenvalue weighted by Crippen LogP contribution is 2.40. The Bertz CT molecular complexity index is 1830. The van der Waals surface area contributed by atoms with Gasteiger partial charge in [0.2, 0.25) is 0 Å². The third-order valence-corrected chi connectivity index (χ3v) is 8.69. The van der Waals surface area contributed by atoms with Crippen LogP contribution in [-0.4, -0.2) is 17.0 Å². The van der Waals surface area contributed by atoms with E-state index in [4.69, 9.17) is 0 Å². The van der Waals surface area contributed by atoms with Crippen molar-refractivity contribution in [1.29, 1.82) is 0 Å². The molecular weight excluding hydrogens is 442 g/mol. The Hall–Kier alpha value is -3.54. The van der Waals surface area contributed by atoms with Crippen molar-refractivity contribution in [1.82, 2.24) is 9.97 Å². The van der Waals surface area contributed by atoms with Crippen LogP contribution < -0.4 is 5.32 Å². The first-order valence-electron chi connectivity index (χ1n) is 11.0. The Balaban J connectivity index is 1.42. The van der Waals surface area contributed by atoms with E-state index < -0.39 is 0 Å². The second-order valence-corrected chi connectivity index (χ2v) is 10.8. The number of hydrogen-bond acceptors (Lipinski definition) is 3. The van der Waals surface area contributed by atoms with Crippen LogP contribution in [0.3, 0.4) is 0 Å². The summed E-state index contributed by atoms with van der Waals surface area (Å²) in [6.07, 6.45) is 0. The lowest BCUT2D eigenvalue weighted by Gasteiger charge is -2.05. The van der Waals surface area contributed by atoms with Crippen molar-refractivity contribution in [2.24, 2.45) is 0 Å². The monoisotopic (exact) mass is 463 g/mol. The zero-order chi connectivity index (χ0) is 22.1. The van der Waals surface area contributed by atoms with Gasteiger partial charge in [0.15, 0.2) is 0 Å². The summed E-state index contributed by atoms with van der Waals surface area (Å²) in [5, 5.41) is 11.0. The standard InChI is InChI=1S/C28H21N3S2/c1-15-3-6-22(30-15)26-11-18-9-16-4-5-17-10-19-12-27(23-7-8-28(29-2)31-23)33-25(19)14-21(17)20(16)13-24(18)32-26/h3-14,29-31H,1-2H3. The summed E-state index contributed by atoms with van der Waals surface area (Å²) in [5.41, 5.74) is 3.54. The molecule has 5 heteroatoms. The van der Waals surface area contributed by atoms with Crippen molar-refractivity contribution in [2.75, 3.05) is 12.4 Å². The van der Waals surface area contributed by atoms with Gasteiger partial charge in [-0.15, -0.1) is 22.7 Å².